The second-order valence-electron chi connectivity index (χ2n) is 8.43. The highest BCUT2D eigenvalue weighted by Crippen LogP contribution is 2.48. The van der Waals surface area contributed by atoms with Crippen LogP contribution in [0, 0.1) is 0 Å². The molecule has 1 aromatic carbocycles. The number of carbonyl (C=O) groups is 3. The van der Waals surface area contributed by atoms with Crippen molar-refractivity contribution in [1.29, 1.82) is 0 Å². The maximum atomic E-state index is 13.4. The summed E-state index contributed by atoms with van der Waals surface area (Å²) in [5.41, 5.74) is -0.0224. The molecule has 12 heteroatoms. The molecular weight excluding hydrogens is 543 g/mol. The number of methoxy groups -OCH3 is 2. The Morgan fingerprint density at radius 1 is 1.16 bits per heavy atom. The van der Waals surface area contributed by atoms with Gasteiger partial charge >= 0.3 is 6.09 Å². The number of ketones is 1. The molecule has 2 aliphatic rings. The van der Waals surface area contributed by atoms with Gasteiger partial charge in [-0.2, -0.15) is 0 Å². The van der Waals surface area contributed by atoms with Crippen LogP contribution in [0.5, 0.6) is 11.5 Å². The molecule has 4 rings (SSSR count). The van der Waals surface area contributed by atoms with Gasteiger partial charge in [-0.1, -0.05) is 29.3 Å². The maximum Gasteiger partial charge on any atom is 0.409 e. The zero-order valence-corrected chi connectivity index (χ0v) is 22.8. The lowest BCUT2D eigenvalue weighted by Crippen LogP contribution is -2.48. The van der Waals surface area contributed by atoms with E-state index in [0.717, 1.165) is 0 Å². The summed E-state index contributed by atoms with van der Waals surface area (Å²) in [4.78, 5) is 42.7. The second-order valence-corrected chi connectivity index (χ2v) is 10.2. The third-order valence-corrected chi connectivity index (χ3v) is 8.02. The number of piperidine rings is 1. The van der Waals surface area contributed by atoms with E-state index in [1.54, 1.807) is 17.9 Å². The highest BCUT2D eigenvalue weighted by molar-refractivity contribution is 7.10. The number of rotatable bonds is 6. The van der Waals surface area contributed by atoms with E-state index >= 15 is 0 Å². The van der Waals surface area contributed by atoms with Crippen LogP contribution in [0.25, 0.3) is 5.76 Å². The van der Waals surface area contributed by atoms with Crippen LogP contribution >= 0.6 is 34.5 Å². The van der Waals surface area contributed by atoms with Gasteiger partial charge in [0.25, 0.3) is 11.7 Å². The van der Waals surface area contributed by atoms with Gasteiger partial charge < -0.3 is 29.1 Å². The number of halogens is 2. The van der Waals surface area contributed by atoms with E-state index in [2.05, 4.69) is 0 Å². The Bertz CT molecular complexity index is 1240. The standard InChI is InChI=1S/C25H26Cl2N2O7S/c1-4-36-25(33)28-9-7-13(8-10-28)29-19(16-6-5-11-37-16)17(21(31)24(29)32)20(30)14-12-15(26)23(35-3)18(27)22(14)34-2/h5-6,11-13,19,30H,4,7-10H2,1-3H3/b20-17-. The topological polar surface area (TPSA) is 106 Å². The van der Waals surface area contributed by atoms with Crippen molar-refractivity contribution in [3.05, 3.63) is 49.6 Å². The van der Waals surface area contributed by atoms with Gasteiger partial charge in [-0.3, -0.25) is 9.59 Å². The highest BCUT2D eigenvalue weighted by Gasteiger charge is 2.50. The van der Waals surface area contributed by atoms with Gasteiger partial charge in [-0.25, -0.2) is 4.79 Å². The molecule has 1 unspecified atom stereocenters. The van der Waals surface area contributed by atoms with E-state index in [9.17, 15) is 19.5 Å². The molecule has 0 bridgehead atoms. The molecule has 0 saturated carbocycles. The molecular formula is C25H26Cl2N2O7S. The van der Waals surface area contributed by atoms with Gasteiger partial charge in [0, 0.05) is 24.0 Å². The number of hydrogen-bond acceptors (Lipinski definition) is 8. The Morgan fingerprint density at radius 3 is 2.41 bits per heavy atom. The molecule has 3 heterocycles. The number of nitrogens with zero attached hydrogens (tertiary/aromatic N) is 2. The Labute approximate surface area is 228 Å². The monoisotopic (exact) mass is 568 g/mol. The zero-order valence-electron chi connectivity index (χ0n) is 20.5. The first-order chi connectivity index (χ1) is 17.7. The van der Waals surface area contributed by atoms with Crippen molar-refractivity contribution in [2.24, 2.45) is 0 Å². The molecule has 9 nitrogen and oxygen atoms in total. The summed E-state index contributed by atoms with van der Waals surface area (Å²) in [5, 5.41) is 13.4. The first kappa shape index (κ1) is 27.1. The van der Waals surface area contributed by atoms with Crippen LogP contribution in [0.2, 0.25) is 10.0 Å². The van der Waals surface area contributed by atoms with E-state index in [1.807, 2.05) is 11.4 Å². The lowest BCUT2D eigenvalue weighted by Gasteiger charge is -2.38. The molecule has 198 valence electrons. The number of hydrogen-bond donors (Lipinski definition) is 1. The summed E-state index contributed by atoms with van der Waals surface area (Å²) in [6, 6.07) is 3.84. The molecule has 2 amide bonds. The molecule has 37 heavy (non-hydrogen) atoms. The van der Waals surface area contributed by atoms with Gasteiger partial charge in [0.15, 0.2) is 11.5 Å². The van der Waals surface area contributed by atoms with Crippen molar-refractivity contribution >= 4 is 58.1 Å². The van der Waals surface area contributed by atoms with Crippen LogP contribution in [-0.2, 0) is 14.3 Å². The minimum Gasteiger partial charge on any atom is -0.507 e. The summed E-state index contributed by atoms with van der Waals surface area (Å²) in [7, 11) is 2.75. The summed E-state index contributed by atoms with van der Waals surface area (Å²) in [5.74, 6) is -1.79. The molecule has 1 aromatic heterocycles. The van der Waals surface area contributed by atoms with Crippen molar-refractivity contribution in [3.8, 4) is 11.5 Å². The molecule has 0 aliphatic carbocycles. The number of thiophene rings is 1. The maximum absolute atomic E-state index is 13.4. The van der Waals surface area contributed by atoms with E-state index in [0.29, 0.717) is 30.8 Å². The minimum absolute atomic E-state index is 0.0206. The minimum atomic E-state index is -0.830. The number of carbonyl (C=O) groups excluding carboxylic acids is 3. The molecule has 0 radical (unpaired) electrons. The fourth-order valence-electron chi connectivity index (χ4n) is 4.79. The van der Waals surface area contributed by atoms with Crippen molar-refractivity contribution in [3.63, 3.8) is 0 Å². The molecule has 2 aliphatic heterocycles. The Balaban J connectivity index is 1.78. The van der Waals surface area contributed by atoms with Gasteiger partial charge in [-0.05, 0) is 37.3 Å². The zero-order chi connectivity index (χ0) is 26.9. The third-order valence-electron chi connectivity index (χ3n) is 6.47. The summed E-state index contributed by atoms with van der Waals surface area (Å²) in [6.45, 7) is 2.76. The van der Waals surface area contributed by atoms with Gasteiger partial charge in [-0.15, -0.1) is 11.3 Å². The summed E-state index contributed by atoms with van der Waals surface area (Å²) >= 11 is 14.1. The SMILES string of the molecule is CCOC(=O)N1CCC(N2C(=O)C(=O)/C(=C(\O)c3cc(Cl)c(OC)c(Cl)c3OC)C2c2cccs2)CC1. The largest absolute Gasteiger partial charge is 0.507 e. The normalized spacial score (nSPS) is 19.9. The lowest BCUT2D eigenvalue weighted by atomic mass is 9.97. The second kappa shape index (κ2) is 11.2. The van der Waals surface area contributed by atoms with Crippen LogP contribution in [0.3, 0.4) is 0 Å². The molecule has 2 saturated heterocycles. The van der Waals surface area contributed by atoms with Crippen molar-refractivity contribution in [2.75, 3.05) is 33.9 Å². The predicted molar refractivity (Wildman–Crippen MR) is 140 cm³/mol. The predicted octanol–water partition coefficient (Wildman–Crippen LogP) is 5.11. The van der Waals surface area contributed by atoms with Crippen molar-refractivity contribution in [2.45, 2.75) is 31.8 Å². The highest BCUT2D eigenvalue weighted by atomic mass is 35.5. The number of likely N-dealkylation sites (tertiary alicyclic amines) is 2. The van der Waals surface area contributed by atoms with Crippen LogP contribution in [-0.4, -0.2) is 72.6 Å². The fraction of sp³-hybridized carbons (Fsp3) is 0.400. The molecule has 1 atom stereocenters. The summed E-state index contributed by atoms with van der Waals surface area (Å²) < 4.78 is 15.7. The van der Waals surface area contributed by atoms with Crippen LogP contribution < -0.4 is 9.47 Å². The van der Waals surface area contributed by atoms with E-state index < -0.39 is 29.6 Å². The van der Waals surface area contributed by atoms with Crippen molar-refractivity contribution < 1.29 is 33.7 Å². The number of aliphatic hydroxyl groups excluding tert-OH is 1. The molecule has 0 spiro atoms. The quantitative estimate of drug-likeness (QED) is 0.293. The number of ether oxygens (including phenoxy) is 3. The Morgan fingerprint density at radius 2 is 1.84 bits per heavy atom. The van der Waals surface area contributed by atoms with Crippen LogP contribution in [0.4, 0.5) is 4.79 Å². The third kappa shape index (κ3) is 4.85. The van der Waals surface area contributed by atoms with Gasteiger partial charge in [0.2, 0.25) is 0 Å². The first-order valence-electron chi connectivity index (χ1n) is 11.6. The number of benzene rings is 1. The average molecular weight is 569 g/mol. The van der Waals surface area contributed by atoms with Gasteiger partial charge in [0.1, 0.15) is 10.8 Å². The number of amides is 2. The molecule has 1 N–H and O–H groups in total. The summed E-state index contributed by atoms with van der Waals surface area (Å²) in [6.07, 6.45) is 0.507. The molecule has 2 fully saturated rings. The average Bonchev–Trinajstić information content (AvgIpc) is 3.50. The van der Waals surface area contributed by atoms with Crippen molar-refractivity contribution in [1.82, 2.24) is 9.80 Å². The molecule has 2 aromatic rings. The smallest absolute Gasteiger partial charge is 0.409 e. The van der Waals surface area contributed by atoms with E-state index in [1.165, 1.54) is 36.5 Å². The Hall–Kier alpha value is -2.95. The van der Waals surface area contributed by atoms with E-state index in [-0.39, 0.29) is 45.3 Å². The lowest BCUT2D eigenvalue weighted by molar-refractivity contribution is -0.142. The Kier molecular flexibility index (Phi) is 8.20. The van der Waals surface area contributed by atoms with Crippen LogP contribution in [0.15, 0.2) is 29.2 Å². The van der Waals surface area contributed by atoms with Crippen LogP contribution in [0.1, 0.15) is 36.2 Å². The first-order valence-corrected chi connectivity index (χ1v) is 13.2. The van der Waals surface area contributed by atoms with E-state index in [4.69, 9.17) is 37.4 Å². The number of aliphatic hydroxyl groups is 1. The number of Topliss-reactive ketones (excluding diaryl/α,β-unsaturated/α-hetero) is 1. The van der Waals surface area contributed by atoms with Gasteiger partial charge in [0.05, 0.1) is 43.0 Å². The fourth-order valence-corrected chi connectivity index (χ4v) is 6.30.